The quantitative estimate of drug-likeness (QED) is 0.532. The van der Waals surface area contributed by atoms with E-state index in [0.29, 0.717) is 0 Å². The van der Waals surface area contributed by atoms with Crippen LogP contribution in [-0.4, -0.2) is 0 Å². The molecule has 0 bridgehead atoms. The lowest BCUT2D eigenvalue weighted by Gasteiger charge is -2.20. The molecule has 1 nitrogen and oxygen atoms in total. The summed E-state index contributed by atoms with van der Waals surface area (Å²) in [5.41, 5.74) is -1.59. The molecule has 22 heavy (non-hydrogen) atoms. The summed E-state index contributed by atoms with van der Waals surface area (Å²) in [6.45, 7) is 5.70. The first-order valence-electron chi connectivity index (χ1n) is 6.55. The summed E-state index contributed by atoms with van der Waals surface area (Å²) in [4.78, 5) is 0. The van der Waals surface area contributed by atoms with Crippen LogP contribution in [0.5, 0.6) is 0 Å². The minimum Gasteiger partial charge on any atom is -0.203 e. The normalized spacial score (nSPS) is 11.4. The van der Waals surface area contributed by atoms with E-state index in [9.17, 15) is 17.6 Å². The van der Waals surface area contributed by atoms with Gasteiger partial charge in [-0.05, 0) is 16.5 Å². The number of nitriles is 1. The fourth-order valence-electron chi connectivity index (χ4n) is 2.12. The average molecular weight is 307 g/mol. The second kappa shape index (κ2) is 5.45. The third kappa shape index (κ3) is 2.57. The molecule has 0 atom stereocenters. The van der Waals surface area contributed by atoms with E-state index in [1.807, 2.05) is 20.8 Å². The van der Waals surface area contributed by atoms with Gasteiger partial charge in [-0.3, -0.25) is 0 Å². The molecule has 0 N–H and O–H groups in total. The largest absolute Gasteiger partial charge is 0.203 e. The van der Waals surface area contributed by atoms with Crippen LogP contribution in [-0.2, 0) is 5.41 Å². The fraction of sp³-hybridized carbons (Fsp3) is 0.235. The van der Waals surface area contributed by atoms with Crippen LogP contribution in [0.1, 0.15) is 31.9 Å². The number of benzene rings is 2. The monoisotopic (exact) mass is 307 g/mol. The molecule has 114 valence electrons. The number of hydrogen-bond donors (Lipinski definition) is 0. The van der Waals surface area contributed by atoms with E-state index in [2.05, 4.69) is 0 Å². The van der Waals surface area contributed by atoms with E-state index in [0.717, 1.165) is 11.6 Å². The van der Waals surface area contributed by atoms with Gasteiger partial charge in [0.25, 0.3) is 0 Å². The first kappa shape index (κ1) is 16.0. The first-order chi connectivity index (χ1) is 10.2. The van der Waals surface area contributed by atoms with Crippen molar-refractivity contribution in [3.63, 3.8) is 0 Å². The van der Waals surface area contributed by atoms with Crippen molar-refractivity contribution in [3.8, 4) is 17.2 Å². The summed E-state index contributed by atoms with van der Waals surface area (Å²) in [5.74, 6) is -6.50. The predicted octanol–water partition coefficient (Wildman–Crippen LogP) is 5.08. The van der Waals surface area contributed by atoms with Crippen molar-refractivity contribution < 1.29 is 17.6 Å². The van der Waals surface area contributed by atoms with Crippen LogP contribution in [0.2, 0.25) is 0 Å². The maximum Gasteiger partial charge on any atom is 0.180 e. The molecule has 0 saturated carbocycles. The lowest BCUT2D eigenvalue weighted by molar-refractivity contribution is 0.454. The molecule has 2 rings (SSSR count). The predicted molar refractivity (Wildman–Crippen MR) is 75.1 cm³/mol. The summed E-state index contributed by atoms with van der Waals surface area (Å²) >= 11 is 0. The van der Waals surface area contributed by atoms with Crippen molar-refractivity contribution in [1.82, 2.24) is 0 Å². The Morgan fingerprint density at radius 2 is 1.45 bits per heavy atom. The molecule has 0 saturated heterocycles. The van der Waals surface area contributed by atoms with Crippen molar-refractivity contribution in [1.29, 1.82) is 5.26 Å². The summed E-state index contributed by atoms with van der Waals surface area (Å²) in [5, 5.41) is 8.60. The van der Waals surface area contributed by atoms with Gasteiger partial charge in [0, 0.05) is 0 Å². The van der Waals surface area contributed by atoms with Crippen LogP contribution in [0, 0.1) is 34.6 Å². The van der Waals surface area contributed by atoms with E-state index in [-0.39, 0.29) is 11.0 Å². The standard InChI is InChI=1S/C17H13F4N/c1-17(2,3)10-6-4-5-9(7-10)12-15(20)13(18)11(8-22)14(19)16(12)21/h4-7H,1-3H3. The highest BCUT2D eigenvalue weighted by Crippen LogP contribution is 2.34. The Morgan fingerprint density at radius 3 is 1.91 bits per heavy atom. The summed E-state index contributed by atoms with van der Waals surface area (Å²) in [6.07, 6.45) is 0. The molecule has 0 aromatic heterocycles. The van der Waals surface area contributed by atoms with Crippen molar-refractivity contribution in [2.75, 3.05) is 0 Å². The van der Waals surface area contributed by atoms with Crippen LogP contribution in [0.3, 0.4) is 0 Å². The van der Waals surface area contributed by atoms with Gasteiger partial charge in [0.1, 0.15) is 11.6 Å². The summed E-state index contributed by atoms with van der Waals surface area (Å²) in [6, 6.07) is 7.29. The van der Waals surface area contributed by atoms with Crippen molar-refractivity contribution in [2.45, 2.75) is 26.2 Å². The second-order valence-electron chi connectivity index (χ2n) is 5.95. The number of nitrogens with zero attached hydrogens (tertiary/aromatic N) is 1. The molecule has 2 aromatic carbocycles. The van der Waals surface area contributed by atoms with Gasteiger partial charge in [0.2, 0.25) is 0 Å². The molecule has 0 spiro atoms. The van der Waals surface area contributed by atoms with E-state index >= 15 is 0 Å². The maximum atomic E-state index is 14.1. The van der Waals surface area contributed by atoms with Gasteiger partial charge >= 0.3 is 0 Å². The minimum absolute atomic E-state index is 0.0183. The van der Waals surface area contributed by atoms with Crippen LogP contribution < -0.4 is 0 Å². The molecule has 0 aliphatic carbocycles. The molecular weight excluding hydrogens is 294 g/mol. The highest BCUT2D eigenvalue weighted by atomic mass is 19.2. The SMILES string of the molecule is CC(C)(C)c1cccc(-c2c(F)c(F)c(C#N)c(F)c2F)c1. The number of rotatable bonds is 1. The van der Waals surface area contributed by atoms with E-state index in [1.165, 1.54) is 12.1 Å². The molecule has 0 aliphatic rings. The van der Waals surface area contributed by atoms with Crippen LogP contribution in [0.25, 0.3) is 11.1 Å². The van der Waals surface area contributed by atoms with Gasteiger partial charge in [-0.2, -0.15) is 5.26 Å². The molecule has 5 heteroatoms. The van der Waals surface area contributed by atoms with Crippen LogP contribution in [0.4, 0.5) is 17.6 Å². The Hall–Kier alpha value is -2.35. The zero-order chi connectivity index (χ0) is 16.7. The van der Waals surface area contributed by atoms with Gasteiger partial charge < -0.3 is 0 Å². The van der Waals surface area contributed by atoms with Crippen molar-refractivity contribution in [2.24, 2.45) is 0 Å². The van der Waals surface area contributed by atoms with Gasteiger partial charge in [-0.15, -0.1) is 0 Å². The van der Waals surface area contributed by atoms with E-state index in [4.69, 9.17) is 5.26 Å². The maximum absolute atomic E-state index is 14.1. The van der Waals surface area contributed by atoms with Gasteiger partial charge in [0.05, 0.1) is 5.56 Å². The highest BCUT2D eigenvalue weighted by molar-refractivity contribution is 5.67. The van der Waals surface area contributed by atoms with Crippen LogP contribution >= 0.6 is 0 Å². The van der Waals surface area contributed by atoms with E-state index in [1.54, 1.807) is 12.1 Å². The first-order valence-corrected chi connectivity index (χ1v) is 6.55. The second-order valence-corrected chi connectivity index (χ2v) is 5.95. The lowest BCUT2D eigenvalue weighted by atomic mass is 9.85. The Kier molecular flexibility index (Phi) is 3.97. The molecule has 0 unspecified atom stereocenters. The Balaban J connectivity index is 2.77. The molecule has 0 radical (unpaired) electrons. The minimum atomic E-state index is -1.68. The van der Waals surface area contributed by atoms with Gasteiger partial charge in [0.15, 0.2) is 23.3 Å². The zero-order valence-corrected chi connectivity index (χ0v) is 12.3. The Labute approximate surface area is 125 Å². The zero-order valence-electron chi connectivity index (χ0n) is 12.3. The topological polar surface area (TPSA) is 23.8 Å². The van der Waals surface area contributed by atoms with Gasteiger partial charge in [-0.1, -0.05) is 45.0 Å². The third-order valence-corrected chi connectivity index (χ3v) is 3.39. The highest BCUT2D eigenvalue weighted by Gasteiger charge is 2.26. The molecule has 0 amide bonds. The molecule has 0 fully saturated rings. The summed E-state index contributed by atoms with van der Waals surface area (Å²) < 4.78 is 55.6. The number of halogens is 4. The third-order valence-electron chi connectivity index (χ3n) is 3.39. The smallest absolute Gasteiger partial charge is 0.180 e. The van der Waals surface area contributed by atoms with Crippen LogP contribution in [0.15, 0.2) is 24.3 Å². The van der Waals surface area contributed by atoms with Crippen molar-refractivity contribution >= 4 is 0 Å². The molecule has 2 aromatic rings. The summed E-state index contributed by atoms with van der Waals surface area (Å²) in [7, 11) is 0. The Bertz CT molecular complexity index is 753. The van der Waals surface area contributed by atoms with E-state index < -0.39 is 34.4 Å². The average Bonchev–Trinajstić information content (AvgIpc) is 2.46. The fourth-order valence-corrected chi connectivity index (χ4v) is 2.12. The number of hydrogen-bond acceptors (Lipinski definition) is 1. The van der Waals surface area contributed by atoms with Crippen molar-refractivity contribution in [3.05, 3.63) is 58.7 Å². The molecule has 0 aliphatic heterocycles. The lowest BCUT2D eigenvalue weighted by Crippen LogP contribution is -2.11. The molecule has 0 heterocycles. The molecular formula is C17H13F4N. The Morgan fingerprint density at radius 1 is 0.909 bits per heavy atom. The van der Waals surface area contributed by atoms with Gasteiger partial charge in [-0.25, -0.2) is 17.6 Å².